The van der Waals surface area contributed by atoms with Gasteiger partial charge in [0.25, 0.3) is 0 Å². The molecule has 0 fully saturated rings. The van der Waals surface area contributed by atoms with Crippen molar-refractivity contribution in [2.45, 2.75) is 22.5 Å². The maximum atomic E-state index is 3.51. The summed E-state index contributed by atoms with van der Waals surface area (Å²) in [5, 5.41) is 0. The molecule has 0 aromatic carbocycles. The lowest BCUT2D eigenvalue weighted by Crippen LogP contribution is -2.05. The highest BCUT2D eigenvalue weighted by atomic mass is 79.9. The van der Waals surface area contributed by atoms with E-state index in [-0.39, 0.29) is 0 Å². The van der Waals surface area contributed by atoms with Crippen LogP contribution in [-0.4, -0.2) is 9.65 Å². The second kappa shape index (κ2) is 3.02. The van der Waals surface area contributed by atoms with E-state index in [0.29, 0.717) is 9.65 Å². The lowest BCUT2D eigenvalue weighted by Gasteiger charge is -2.12. The van der Waals surface area contributed by atoms with Crippen molar-refractivity contribution in [2.75, 3.05) is 0 Å². The minimum Gasteiger partial charge on any atom is -0.0845 e. The highest BCUT2D eigenvalue weighted by molar-refractivity contribution is 9.10. The first-order chi connectivity index (χ1) is 3.79. The van der Waals surface area contributed by atoms with Gasteiger partial charge in [-0.2, -0.15) is 0 Å². The summed E-state index contributed by atoms with van der Waals surface area (Å²) in [6, 6.07) is 0. The Morgan fingerprint density at radius 1 is 1.00 bits per heavy atom. The van der Waals surface area contributed by atoms with Crippen LogP contribution in [-0.2, 0) is 0 Å². The number of hydrogen-bond donors (Lipinski definition) is 0. The van der Waals surface area contributed by atoms with Crippen LogP contribution in [0.25, 0.3) is 0 Å². The first-order valence-corrected chi connectivity index (χ1v) is 4.58. The Labute approximate surface area is 66.6 Å². The Balaban J connectivity index is 2.42. The molecule has 0 N–H and O–H groups in total. The predicted molar refractivity (Wildman–Crippen MR) is 43.8 cm³/mol. The lowest BCUT2D eigenvalue weighted by atomic mass is 10.1. The Morgan fingerprint density at radius 2 is 1.38 bits per heavy atom. The molecule has 0 saturated heterocycles. The third-order valence-corrected chi connectivity index (χ3v) is 2.77. The largest absolute Gasteiger partial charge is 0.0845 e. The zero-order chi connectivity index (χ0) is 5.98. The summed E-state index contributed by atoms with van der Waals surface area (Å²) >= 11 is 7.02. The minimum absolute atomic E-state index is 0.622. The molecule has 0 spiro atoms. The van der Waals surface area contributed by atoms with Gasteiger partial charge >= 0.3 is 0 Å². The Hall–Kier alpha value is 0.700. The molecular formula is C6H8Br2. The van der Waals surface area contributed by atoms with E-state index in [1.165, 1.54) is 12.8 Å². The minimum atomic E-state index is 0.622. The number of hydrogen-bond acceptors (Lipinski definition) is 0. The summed E-state index contributed by atoms with van der Waals surface area (Å²) in [4.78, 5) is 1.24. The summed E-state index contributed by atoms with van der Waals surface area (Å²) in [7, 11) is 0. The van der Waals surface area contributed by atoms with Crippen molar-refractivity contribution < 1.29 is 0 Å². The molecule has 0 aromatic rings. The van der Waals surface area contributed by atoms with Crippen LogP contribution in [0.15, 0.2) is 12.2 Å². The van der Waals surface area contributed by atoms with E-state index < -0.39 is 0 Å². The fraction of sp³-hybridized carbons (Fsp3) is 0.667. The van der Waals surface area contributed by atoms with Gasteiger partial charge in [0, 0.05) is 9.65 Å². The first kappa shape index (κ1) is 6.81. The molecular weight excluding hydrogens is 232 g/mol. The van der Waals surface area contributed by atoms with E-state index in [4.69, 9.17) is 0 Å². The molecule has 1 aliphatic rings. The summed E-state index contributed by atoms with van der Waals surface area (Å²) < 4.78 is 0. The third-order valence-electron chi connectivity index (χ3n) is 1.25. The van der Waals surface area contributed by atoms with Crippen molar-refractivity contribution in [2.24, 2.45) is 0 Å². The van der Waals surface area contributed by atoms with E-state index in [9.17, 15) is 0 Å². The molecule has 0 nitrogen and oxygen atoms in total. The lowest BCUT2D eigenvalue weighted by molar-refractivity contribution is 0.765. The van der Waals surface area contributed by atoms with Gasteiger partial charge < -0.3 is 0 Å². The number of alkyl halides is 2. The summed E-state index contributed by atoms with van der Waals surface area (Å²) in [6.07, 6.45) is 6.91. The van der Waals surface area contributed by atoms with Crippen LogP contribution < -0.4 is 0 Å². The van der Waals surface area contributed by atoms with Gasteiger partial charge in [-0.1, -0.05) is 44.0 Å². The van der Waals surface area contributed by atoms with Crippen LogP contribution in [0.2, 0.25) is 0 Å². The molecule has 0 amide bonds. The van der Waals surface area contributed by atoms with Crippen LogP contribution in [0.5, 0.6) is 0 Å². The van der Waals surface area contributed by atoms with Crippen molar-refractivity contribution in [1.82, 2.24) is 0 Å². The molecule has 0 heterocycles. The molecule has 2 unspecified atom stereocenters. The Bertz CT molecular complexity index is 86.7. The fourth-order valence-electron chi connectivity index (χ4n) is 0.752. The van der Waals surface area contributed by atoms with Gasteiger partial charge in [0.15, 0.2) is 0 Å². The molecule has 0 radical (unpaired) electrons. The molecule has 46 valence electrons. The van der Waals surface area contributed by atoms with Crippen LogP contribution in [0.1, 0.15) is 12.8 Å². The van der Waals surface area contributed by atoms with Gasteiger partial charge in [-0.05, 0) is 12.8 Å². The topological polar surface area (TPSA) is 0 Å². The van der Waals surface area contributed by atoms with Crippen LogP contribution in [0.3, 0.4) is 0 Å². The van der Waals surface area contributed by atoms with Gasteiger partial charge in [0.1, 0.15) is 0 Å². The SMILES string of the molecule is BrC1C=CC(Br)CC1. The maximum Gasteiger partial charge on any atom is 0.0326 e. The fourth-order valence-corrected chi connectivity index (χ4v) is 1.63. The highest BCUT2D eigenvalue weighted by Gasteiger charge is 2.09. The summed E-state index contributed by atoms with van der Waals surface area (Å²) in [6.45, 7) is 0. The number of halogens is 2. The monoisotopic (exact) mass is 238 g/mol. The van der Waals surface area contributed by atoms with Crippen molar-refractivity contribution in [3.63, 3.8) is 0 Å². The molecule has 2 atom stereocenters. The zero-order valence-electron chi connectivity index (χ0n) is 4.48. The molecule has 0 aliphatic heterocycles. The second-order valence-electron chi connectivity index (χ2n) is 1.99. The molecule has 0 aromatic heterocycles. The normalized spacial score (nSPS) is 37.8. The average molecular weight is 240 g/mol. The third kappa shape index (κ3) is 1.90. The second-order valence-corrected chi connectivity index (χ2v) is 4.35. The van der Waals surface area contributed by atoms with E-state index in [0.717, 1.165) is 0 Å². The molecule has 2 heteroatoms. The van der Waals surface area contributed by atoms with Crippen molar-refractivity contribution in [3.05, 3.63) is 12.2 Å². The van der Waals surface area contributed by atoms with E-state index in [2.05, 4.69) is 44.0 Å². The highest BCUT2D eigenvalue weighted by Crippen LogP contribution is 2.21. The Morgan fingerprint density at radius 3 is 1.62 bits per heavy atom. The van der Waals surface area contributed by atoms with Gasteiger partial charge in [-0.25, -0.2) is 0 Å². The quantitative estimate of drug-likeness (QED) is 0.451. The van der Waals surface area contributed by atoms with Crippen LogP contribution in [0, 0.1) is 0 Å². The molecule has 0 saturated carbocycles. The van der Waals surface area contributed by atoms with Crippen molar-refractivity contribution >= 4 is 31.9 Å². The average Bonchev–Trinajstić information content (AvgIpc) is 1.77. The maximum absolute atomic E-state index is 3.51. The summed E-state index contributed by atoms with van der Waals surface area (Å²) in [5.41, 5.74) is 0. The molecule has 1 rings (SSSR count). The van der Waals surface area contributed by atoms with Crippen molar-refractivity contribution in [3.8, 4) is 0 Å². The van der Waals surface area contributed by atoms with Gasteiger partial charge in [0.2, 0.25) is 0 Å². The Kier molecular flexibility index (Phi) is 2.57. The van der Waals surface area contributed by atoms with Crippen LogP contribution in [0.4, 0.5) is 0 Å². The number of rotatable bonds is 0. The van der Waals surface area contributed by atoms with Gasteiger partial charge in [0.05, 0.1) is 0 Å². The van der Waals surface area contributed by atoms with Crippen LogP contribution >= 0.6 is 31.9 Å². The molecule has 1 aliphatic carbocycles. The predicted octanol–water partition coefficient (Wildman–Crippen LogP) is 2.86. The number of allylic oxidation sites excluding steroid dienone is 2. The van der Waals surface area contributed by atoms with E-state index >= 15 is 0 Å². The van der Waals surface area contributed by atoms with Gasteiger partial charge in [-0.3, -0.25) is 0 Å². The smallest absolute Gasteiger partial charge is 0.0326 e. The van der Waals surface area contributed by atoms with Gasteiger partial charge in [-0.15, -0.1) is 0 Å². The van der Waals surface area contributed by atoms with Crippen molar-refractivity contribution in [1.29, 1.82) is 0 Å². The molecule has 8 heavy (non-hydrogen) atoms. The van der Waals surface area contributed by atoms with E-state index in [1.54, 1.807) is 0 Å². The summed E-state index contributed by atoms with van der Waals surface area (Å²) in [5.74, 6) is 0. The molecule has 0 bridgehead atoms. The zero-order valence-corrected chi connectivity index (χ0v) is 7.65. The van der Waals surface area contributed by atoms with E-state index in [1.807, 2.05) is 0 Å². The standard InChI is InChI=1S/C6H8Br2/c7-5-1-2-6(8)4-3-5/h1-2,5-6H,3-4H2. The first-order valence-electron chi connectivity index (χ1n) is 2.75.